The van der Waals surface area contributed by atoms with Gasteiger partial charge in [0.05, 0.1) is 11.8 Å². The van der Waals surface area contributed by atoms with Gasteiger partial charge >= 0.3 is 5.97 Å². The highest BCUT2D eigenvalue weighted by atomic mass is 32.2. The minimum Gasteiger partial charge on any atom is -0.459 e. The van der Waals surface area contributed by atoms with Crippen LogP contribution in [0.3, 0.4) is 0 Å². The number of furan rings is 1. The molecule has 3 rings (SSSR count). The molecular formula is C20H21N3O4S. The van der Waals surface area contributed by atoms with Crippen molar-refractivity contribution in [2.24, 2.45) is 0 Å². The van der Waals surface area contributed by atoms with Crippen LogP contribution in [0.1, 0.15) is 30.1 Å². The van der Waals surface area contributed by atoms with Crippen LogP contribution in [0.25, 0.3) is 11.0 Å². The first-order valence-electron chi connectivity index (χ1n) is 8.79. The van der Waals surface area contributed by atoms with E-state index in [1.54, 1.807) is 0 Å². The minimum atomic E-state index is -0.501. The summed E-state index contributed by atoms with van der Waals surface area (Å²) in [5, 5.41) is 4.24. The number of carbonyl (C=O) groups is 2. The molecule has 0 aliphatic carbocycles. The molecule has 0 unspecified atom stereocenters. The topological polar surface area (TPSA) is 94.3 Å². The van der Waals surface area contributed by atoms with Crippen molar-refractivity contribution in [3.8, 4) is 0 Å². The van der Waals surface area contributed by atoms with Crippen molar-refractivity contribution in [3.05, 3.63) is 53.5 Å². The summed E-state index contributed by atoms with van der Waals surface area (Å²) in [5.41, 5.74) is 2.43. The fourth-order valence-corrected chi connectivity index (χ4v) is 3.39. The zero-order chi connectivity index (χ0) is 20.1. The van der Waals surface area contributed by atoms with Crippen LogP contribution in [0.4, 0.5) is 0 Å². The third kappa shape index (κ3) is 5.32. The first-order chi connectivity index (χ1) is 13.4. The molecule has 1 N–H and O–H groups in total. The van der Waals surface area contributed by atoms with Gasteiger partial charge in [0.15, 0.2) is 11.8 Å². The van der Waals surface area contributed by atoms with E-state index in [1.807, 2.05) is 57.2 Å². The number of hydrogen-bond acceptors (Lipinski definition) is 7. The predicted molar refractivity (Wildman–Crippen MR) is 106 cm³/mol. The molecule has 0 aliphatic heterocycles. The van der Waals surface area contributed by atoms with Crippen LogP contribution in [0, 0.1) is 13.8 Å². The summed E-state index contributed by atoms with van der Waals surface area (Å²) in [6, 6.07) is 11.0. The zero-order valence-electron chi connectivity index (χ0n) is 15.9. The summed E-state index contributed by atoms with van der Waals surface area (Å²) in [6.45, 7) is 5.19. The summed E-state index contributed by atoms with van der Waals surface area (Å²) < 4.78 is 10.7. The highest BCUT2D eigenvalue weighted by Gasteiger charge is 2.16. The number of benzene rings is 1. The third-order valence-electron chi connectivity index (χ3n) is 3.89. The fraction of sp³-hybridized carbons (Fsp3) is 0.300. The number of esters is 1. The van der Waals surface area contributed by atoms with Gasteiger partial charge in [-0.2, -0.15) is 0 Å². The van der Waals surface area contributed by atoms with Gasteiger partial charge in [-0.05, 0) is 39.0 Å². The summed E-state index contributed by atoms with van der Waals surface area (Å²) >= 11 is 1.18. The van der Waals surface area contributed by atoms with Gasteiger partial charge in [-0.15, -0.1) is 0 Å². The Labute approximate surface area is 166 Å². The van der Waals surface area contributed by atoms with Crippen molar-refractivity contribution in [1.82, 2.24) is 15.3 Å². The molecule has 1 aromatic carbocycles. The van der Waals surface area contributed by atoms with Gasteiger partial charge in [-0.1, -0.05) is 30.0 Å². The van der Waals surface area contributed by atoms with Gasteiger partial charge in [0.25, 0.3) is 5.91 Å². The molecular weight excluding hydrogens is 378 g/mol. The molecule has 28 heavy (non-hydrogen) atoms. The van der Waals surface area contributed by atoms with Gasteiger partial charge in [-0.25, -0.2) is 9.97 Å². The molecule has 8 heteroatoms. The largest absolute Gasteiger partial charge is 0.459 e. The highest BCUT2D eigenvalue weighted by Crippen LogP contribution is 2.23. The number of nitrogens with zero attached hydrogens (tertiary/aromatic N) is 2. The van der Waals surface area contributed by atoms with E-state index in [0.717, 1.165) is 22.4 Å². The van der Waals surface area contributed by atoms with Crippen molar-refractivity contribution < 1.29 is 18.7 Å². The lowest BCUT2D eigenvalue weighted by atomic mass is 10.2. The molecule has 0 aliphatic rings. The Morgan fingerprint density at radius 1 is 1.18 bits per heavy atom. The van der Waals surface area contributed by atoms with Crippen molar-refractivity contribution in [3.63, 3.8) is 0 Å². The predicted octanol–water partition coefficient (Wildman–Crippen LogP) is 3.35. The number of ether oxygens (including phenoxy) is 1. The first kappa shape index (κ1) is 19.9. The number of para-hydroxylation sites is 1. The molecule has 0 saturated carbocycles. The number of rotatable bonds is 7. The Morgan fingerprint density at radius 3 is 2.61 bits per heavy atom. The van der Waals surface area contributed by atoms with Crippen LogP contribution in [0.5, 0.6) is 0 Å². The number of hydrogen-bond donors (Lipinski definition) is 1. The minimum absolute atomic E-state index is 0.0370. The van der Waals surface area contributed by atoms with Crippen LogP contribution in [-0.4, -0.2) is 34.2 Å². The molecule has 0 saturated heterocycles. The van der Waals surface area contributed by atoms with E-state index in [0.29, 0.717) is 10.9 Å². The van der Waals surface area contributed by atoms with E-state index in [2.05, 4.69) is 15.3 Å². The van der Waals surface area contributed by atoms with Crippen LogP contribution in [0.2, 0.25) is 0 Å². The maximum atomic E-state index is 12.0. The lowest BCUT2D eigenvalue weighted by Gasteiger charge is -2.11. The average molecular weight is 399 g/mol. The van der Waals surface area contributed by atoms with E-state index in [1.165, 1.54) is 11.8 Å². The molecule has 2 aromatic heterocycles. The smallest absolute Gasteiger partial charge is 0.316 e. The van der Waals surface area contributed by atoms with E-state index in [4.69, 9.17) is 9.15 Å². The molecule has 146 valence electrons. The monoisotopic (exact) mass is 399 g/mol. The number of thioether (sulfide) groups is 1. The summed E-state index contributed by atoms with van der Waals surface area (Å²) in [6.07, 6.45) is 0. The molecule has 1 atom stereocenters. The molecule has 0 spiro atoms. The average Bonchev–Trinajstić information content (AvgIpc) is 3.08. The molecule has 0 fully saturated rings. The normalized spacial score (nSPS) is 12.0. The maximum absolute atomic E-state index is 12.0. The van der Waals surface area contributed by atoms with E-state index >= 15 is 0 Å². The van der Waals surface area contributed by atoms with Gasteiger partial charge in [0.1, 0.15) is 11.3 Å². The number of amides is 1. The van der Waals surface area contributed by atoms with E-state index < -0.39 is 11.9 Å². The quantitative estimate of drug-likeness (QED) is 0.370. The molecule has 0 radical (unpaired) electrons. The highest BCUT2D eigenvalue weighted by molar-refractivity contribution is 7.99. The zero-order valence-corrected chi connectivity index (χ0v) is 16.7. The van der Waals surface area contributed by atoms with Gasteiger partial charge in [0, 0.05) is 16.8 Å². The molecule has 0 bridgehead atoms. The van der Waals surface area contributed by atoms with Crippen LogP contribution >= 0.6 is 11.8 Å². The second-order valence-electron chi connectivity index (χ2n) is 6.36. The summed E-state index contributed by atoms with van der Waals surface area (Å²) in [7, 11) is 0. The van der Waals surface area contributed by atoms with Gasteiger partial charge in [-0.3, -0.25) is 9.59 Å². The van der Waals surface area contributed by atoms with Crippen LogP contribution in [0.15, 0.2) is 46.0 Å². The second-order valence-corrected chi connectivity index (χ2v) is 7.30. The van der Waals surface area contributed by atoms with Gasteiger partial charge in [0.2, 0.25) is 0 Å². The summed E-state index contributed by atoms with van der Waals surface area (Å²) in [5.74, 6) is -0.216. The Kier molecular flexibility index (Phi) is 6.30. The molecule has 1 amide bonds. The standard InChI is InChI=1S/C20H21N3O4S/c1-12-8-13(2)22-20(21-12)28-11-19(25)26-10-18(24)23-14(3)17-9-15-6-4-5-7-16(15)27-17/h4-9,14H,10-11H2,1-3H3,(H,23,24)/t14-/m1/s1. The van der Waals surface area contributed by atoms with Crippen molar-refractivity contribution in [1.29, 1.82) is 0 Å². The number of nitrogens with one attached hydrogen (secondary N) is 1. The Balaban J connectivity index is 1.44. The number of aryl methyl sites for hydroxylation is 2. The van der Waals surface area contributed by atoms with Crippen LogP contribution < -0.4 is 5.32 Å². The number of carbonyl (C=O) groups excluding carboxylic acids is 2. The van der Waals surface area contributed by atoms with E-state index in [-0.39, 0.29) is 18.4 Å². The molecule has 3 aromatic rings. The number of aromatic nitrogens is 2. The van der Waals surface area contributed by atoms with Crippen LogP contribution in [-0.2, 0) is 14.3 Å². The maximum Gasteiger partial charge on any atom is 0.316 e. The Hall–Kier alpha value is -2.87. The molecule has 7 nitrogen and oxygen atoms in total. The lowest BCUT2D eigenvalue weighted by Crippen LogP contribution is -2.31. The first-order valence-corrected chi connectivity index (χ1v) is 9.78. The van der Waals surface area contributed by atoms with Crippen molar-refractivity contribution in [2.45, 2.75) is 32.0 Å². The lowest BCUT2D eigenvalue weighted by molar-refractivity contribution is -0.146. The van der Waals surface area contributed by atoms with Crippen molar-refractivity contribution >= 4 is 34.6 Å². The van der Waals surface area contributed by atoms with Gasteiger partial charge < -0.3 is 14.5 Å². The van der Waals surface area contributed by atoms with E-state index in [9.17, 15) is 9.59 Å². The number of fused-ring (bicyclic) bond motifs is 1. The fourth-order valence-electron chi connectivity index (χ4n) is 2.64. The SMILES string of the molecule is Cc1cc(C)nc(SCC(=O)OCC(=O)N[C@H](C)c2cc3ccccc3o2)n1. The van der Waals surface area contributed by atoms with Crippen molar-refractivity contribution in [2.75, 3.05) is 12.4 Å². The Morgan fingerprint density at radius 2 is 1.89 bits per heavy atom. The second kappa shape index (κ2) is 8.88. The third-order valence-corrected chi connectivity index (χ3v) is 4.71. The Bertz CT molecular complexity index is 949. The summed E-state index contributed by atoms with van der Waals surface area (Å²) in [4.78, 5) is 32.4. The molecule has 2 heterocycles.